The van der Waals surface area contributed by atoms with Gasteiger partial charge in [-0.15, -0.1) is 0 Å². The molecule has 0 aliphatic heterocycles. The van der Waals surface area contributed by atoms with Crippen LogP contribution in [0.5, 0.6) is 0 Å². The van der Waals surface area contributed by atoms with Gasteiger partial charge in [-0.2, -0.15) is 0 Å². The van der Waals surface area contributed by atoms with Crippen molar-refractivity contribution in [1.82, 2.24) is 0 Å². The van der Waals surface area contributed by atoms with Crippen LogP contribution in [0.15, 0.2) is 0 Å². The van der Waals surface area contributed by atoms with Crippen LogP contribution in [0.25, 0.3) is 0 Å². The molecule has 0 aromatic rings. The molecule has 26 heavy (non-hydrogen) atoms. The highest BCUT2D eigenvalue weighted by atomic mass is 16.5. The zero-order chi connectivity index (χ0) is 19.3. The molecule has 5 nitrogen and oxygen atoms in total. The van der Waals surface area contributed by atoms with Gasteiger partial charge in [-0.25, -0.2) is 0 Å². The van der Waals surface area contributed by atoms with Gasteiger partial charge in [-0.1, -0.05) is 46.0 Å². The van der Waals surface area contributed by atoms with Gasteiger partial charge in [0.2, 0.25) is 0 Å². The van der Waals surface area contributed by atoms with Gasteiger partial charge >= 0.3 is 5.97 Å². The van der Waals surface area contributed by atoms with E-state index in [1.807, 2.05) is 6.92 Å². The molecule has 0 bridgehead atoms. The molecule has 0 aliphatic rings. The average Bonchev–Trinajstić information content (AvgIpc) is 2.62. The molecule has 0 N–H and O–H groups in total. The lowest BCUT2D eigenvalue weighted by Crippen LogP contribution is -2.15. The second-order valence-corrected chi connectivity index (χ2v) is 6.80. The lowest BCUT2D eigenvalue weighted by Gasteiger charge is -2.13. The SMILES string of the molecule is CCCCCCC(C)OC(=O)CCCOCCOCCOCCCCC. The average molecular weight is 375 g/mol. The summed E-state index contributed by atoms with van der Waals surface area (Å²) in [7, 11) is 0. The molecule has 1 unspecified atom stereocenters. The van der Waals surface area contributed by atoms with E-state index in [-0.39, 0.29) is 12.1 Å². The van der Waals surface area contributed by atoms with E-state index in [0.717, 1.165) is 25.9 Å². The summed E-state index contributed by atoms with van der Waals surface area (Å²) < 4.78 is 21.8. The summed E-state index contributed by atoms with van der Waals surface area (Å²) >= 11 is 0. The predicted molar refractivity (Wildman–Crippen MR) is 106 cm³/mol. The summed E-state index contributed by atoms with van der Waals surface area (Å²) in [6.45, 7) is 10.1. The van der Waals surface area contributed by atoms with Gasteiger partial charge in [-0.3, -0.25) is 4.79 Å². The Hall–Kier alpha value is -0.650. The first-order chi connectivity index (χ1) is 12.7. The fraction of sp³-hybridized carbons (Fsp3) is 0.952. The largest absolute Gasteiger partial charge is 0.463 e. The van der Waals surface area contributed by atoms with E-state index in [1.54, 1.807) is 0 Å². The number of carbonyl (C=O) groups is 1. The molecule has 0 saturated heterocycles. The summed E-state index contributed by atoms with van der Waals surface area (Å²) in [6, 6.07) is 0. The topological polar surface area (TPSA) is 54.0 Å². The van der Waals surface area contributed by atoms with Gasteiger partial charge in [0.1, 0.15) is 0 Å². The van der Waals surface area contributed by atoms with Crippen molar-refractivity contribution in [3.05, 3.63) is 0 Å². The van der Waals surface area contributed by atoms with Crippen molar-refractivity contribution in [2.75, 3.05) is 39.6 Å². The van der Waals surface area contributed by atoms with Crippen LogP contribution in [0.2, 0.25) is 0 Å². The lowest BCUT2D eigenvalue weighted by molar-refractivity contribution is -0.149. The van der Waals surface area contributed by atoms with E-state index in [4.69, 9.17) is 18.9 Å². The Kier molecular flexibility index (Phi) is 20.1. The number of unbranched alkanes of at least 4 members (excludes halogenated alkanes) is 5. The van der Waals surface area contributed by atoms with E-state index in [9.17, 15) is 4.79 Å². The summed E-state index contributed by atoms with van der Waals surface area (Å²) in [5.41, 5.74) is 0. The summed E-state index contributed by atoms with van der Waals surface area (Å²) in [5, 5.41) is 0. The molecule has 0 saturated carbocycles. The smallest absolute Gasteiger partial charge is 0.306 e. The molecule has 0 radical (unpaired) electrons. The fourth-order valence-corrected chi connectivity index (χ4v) is 2.52. The molecule has 0 rings (SSSR count). The van der Waals surface area contributed by atoms with Crippen molar-refractivity contribution in [3.8, 4) is 0 Å². The molecule has 0 aliphatic carbocycles. The van der Waals surface area contributed by atoms with Crippen LogP contribution in [0.4, 0.5) is 0 Å². The van der Waals surface area contributed by atoms with Gasteiger partial charge in [0.05, 0.1) is 32.5 Å². The molecule has 0 amide bonds. The van der Waals surface area contributed by atoms with Crippen LogP contribution in [-0.2, 0) is 23.7 Å². The van der Waals surface area contributed by atoms with Crippen molar-refractivity contribution < 1.29 is 23.7 Å². The maximum Gasteiger partial charge on any atom is 0.306 e. The molecule has 5 heteroatoms. The van der Waals surface area contributed by atoms with E-state index in [0.29, 0.717) is 45.9 Å². The number of hydrogen-bond donors (Lipinski definition) is 0. The number of hydrogen-bond acceptors (Lipinski definition) is 5. The van der Waals surface area contributed by atoms with Crippen molar-refractivity contribution in [3.63, 3.8) is 0 Å². The van der Waals surface area contributed by atoms with E-state index in [2.05, 4.69) is 13.8 Å². The van der Waals surface area contributed by atoms with Crippen LogP contribution >= 0.6 is 0 Å². The molecular formula is C21H42O5. The number of esters is 1. The highest BCUT2D eigenvalue weighted by molar-refractivity contribution is 5.69. The molecule has 0 spiro atoms. The quantitative estimate of drug-likeness (QED) is 0.224. The van der Waals surface area contributed by atoms with Gasteiger partial charge in [0.15, 0.2) is 0 Å². The number of rotatable bonds is 20. The van der Waals surface area contributed by atoms with Crippen LogP contribution in [0.3, 0.4) is 0 Å². The molecule has 0 aromatic heterocycles. The maximum atomic E-state index is 11.7. The van der Waals surface area contributed by atoms with Crippen molar-refractivity contribution >= 4 is 5.97 Å². The summed E-state index contributed by atoms with van der Waals surface area (Å²) in [5.74, 6) is -0.118. The number of carbonyl (C=O) groups excluding carboxylic acids is 1. The highest BCUT2D eigenvalue weighted by Gasteiger charge is 2.09. The molecule has 1 atom stereocenters. The zero-order valence-corrected chi connectivity index (χ0v) is 17.4. The molecular weight excluding hydrogens is 332 g/mol. The Morgan fingerprint density at radius 1 is 0.692 bits per heavy atom. The third kappa shape index (κ3) is 19.7. The Morgan fingerprint density at radius 3 is 1.85 bits per heavy atom. The summed E-state index contributed by atoms with van der Waals surface area (Å²) in [4.78, 5) is 11.7. The van der Waals surface area contributed by atoms with Crippen molar-refractivity contribution in [1.29, 1.82) is 0 Å². The van der Waals surface area contributed by atoms with Crippen LogP contribution < -0.4 is 0 Å². The Morgan fingerprint density at radius 2 is 1.23 bits per heavy atom. The van der Waals surface area contributed by atoms with Gasteiger partial charge in [0.25, 0.3) is 0 Å². The first kappa shape index (κ1) is 25.4. The van der Waals surface area contributed by atoms with E-state index < -0.39 is 0 Å². The minimum atomic E-state index is -0.118. The van der Waals surface area contributed by atoms with Crippen LogP contribution in [0.1, 0.15) is 85.0 Å². The fourth-order valence-electron chi connectivity index (χ4n) is 2.52. The highest BCUT2D eigenvalue weighted by Crippen LogP contribution is 2.09. The van der Waals surface area contributed by atoms with Gasteiger partial charge < -0.3 is 18.9 Å². The van der Waals surface area contributed by atoms with Gasteiger partial charge in [-0.05, 0) is 32.6 Å². The Labute approximate surface area is 161 Å². The van der Waals surface area contributed by atoms with Crippen molar-refractivity contribution in [2.24, 2.45) is 0 Å². The Bertz CT molecular complexity index is 296. The van der Waals surface area contributed by atoms with E-state index >= 15 is 0 Å². The Balaban J connectivity index is 3.25. The van der Waals surface area contributed by atoms with Gasteiger partial charge in [0, 0.05) is 19.6 Å². The first-order valence-electron chi connectivity index (χ1n) is 10.6. The maximum absolute atomic E-state index is 11.7. The monoisotopic (exact) mass is 374 g/mol. The third-order valence-corrected chi connectivity index (χ3v) is 4.10. The van der Waals surface area contributed by atoms with Crippen LogP contribution in [-0.4, -0.2) is 51.7 Å². The van der Waals surface area contributed by atoms with E-state index in [1.165, 1.54) is 32.1 Å². The molecule has 0 fully saturated rings. The third-order valence-electron chi connectivity index (χ3n) is 4.10. The molecule has 0 aromatic carbocycles. The molecule has 156 valence electrons. The zero-order valence-electron chi connectivity index (χ0n) is 17.4. The summed E-state index contributed by atoms with van der Waals surface area (Å²) in [6.07, 6.45) is 10.5. The molecule has 0 heterocycles. The second kappa shape index (κ2) is 20.7. The number of ether oxygens (including phenoxy) is 4. The normalized spacial score (nSPS) is 12.3. The second-order valence-electron chi connectivity index (χ2n) is 6.80. The predicted octanol–water partition coefficient (Wildman–Crippen LogP) is 4.91. The van der Waals surface area contributed by atoms with Crippen LogP contribution in [0, 0.1) is 0 Å². The standard InChI is InChI=1S/C21H42O5/c1-4-6-8-9-12-20(3)26-21(22)13-11-15-24-17-19-25-18-16-23-14-10-7-5-2/h20H,4-19H2,1-3H3. The first-order valence-corrected chi connectivity index (χ1v) is 10.6. The minimum absolute atomic E-state index is 0.0258. The minimum Gasteiger partial charge on any atom is -0.463 e. The van der Waals surface area contributed by atoms with Crippen molar-refractivity contribution in [2.45, 2.75) is 91.1 Å². The lowest BCUT2D eigenvalue weighted by atomic mass is 10.1.